The Morgan fingerprint density at radius 1 is 1.44 bits per heavy atom. The molecule has 1 aromatic carbocycles. The van der Waals surface area contributed by atoms with E-state index in [1.165, 1.54) is 23.1 Å². The molecule has 0 aliphatic rings. The molecule has 0 saturated heterocycles. The van der Waals surface area contributed by atoms with E-state index < -0.39 is 0 Å². The van der Waals surface area contributed by atoms with Crippen molar-refractivity contribution in [2.45, 2.75) is 25.1 Å². The predicted octanol–water partition coefficient (Wildman–Crippen LogP) is 4.76. The number of hydrogen-bond donors (Lipinski definition) is 1. The SMILES string of the molecule is C=C(C)CN(CC)C(=O)CSc1nnc(Nc2cccc(Cl)c2C)s1. The van der Waals surface area contributed by atoms with Crippen molar-refractivity contribution in [2.24, 2.45) is 0 Å². The number of benzene rings is 1. The first-order valence-corrected chi connectivity index (χ1v) is 9.99. The van der Waals surface area contributed by atoms with Crippen molar-refractivity contribution in [2.75, 3.05) is 24.2 Å². The van der Waals surface area contributed by atoms with Gasteiger partial charge in [-0.15, -0.1) is 10.2 Å². The van der Waals surface area contributed by atoms with Gasteiger partial charge in [0.15, 0.2) is 4.34 Å². The van der Waals surface area contributed by atoms with Crippen LogP contribution in [0.1, 0.15) is 19.4 Å². The van der Waals surface area contributed by atoms with Crippen LogP contribution in [-0.2, 0) is 4.79 Å². The van der Waals surface area contributed by atoms with Gasteiger partial charge >= 0.3 is 0 Å². The molecule has 1 heterocycles. The molecule has 1 amide bonds. The van der Waals surface area contributed by atoms with Crippen molar-refractivity contribution >= 4 is 51.4 Å². The number of carbonyl (C=O) groups is 1. The van der Waals surface area contributed by atoms with E-state index in [9.17, 15) is 4.79 Å². The van der Waals surface area contributed by atoms with Crippen LogP contribution in [0.5, 0.6) is 0 Å². The number of nitrogens with zero attached hydrogens (tertiary/aromatic N) is 3. The number of anilines is 2. The van der Waals surface area contributed by atoms with Crippen LogP contribution >= 0.6 is 34.7 Å². The fourth-order valence-electron chi connectivity index (χ4n) is 2.09. The summed E-state index contributed by atoms with van der Waals surface area (Å²) in [7, 11) is 0. The molecule has 0 spiro atoms. The van der Waals surface area contributed by atoms with E-state index in [0.29, 0.717) is 29.0 Å². The van der Waals surface area contributed by atoms with Gasteiger partial charge in [-0.3, -0.25) is 4.79 Å². The number of halogens is 1. The van der Waals surface area contributed by atoms with E-state index >= 15 is 0 Å². The highest BCUT2D eigenvalue weighted by Crippen LogP contribution is 2.30. The normalized spacial score (nSPS) is 10.6. The zero-order chi connectivity index (χ0) is 18.4. The maximum Gasteiger partial charge on any atom is 0.233 e. The topological polar surface area (TPSA) is 58.1 Å². The Morgan fingerprint density at radius 3 is 2.88 bits per heavy atom. The molecule has 0 atom stereocenters. The third-order valence-electron chi connectivity index (χ3n) is 3.43. The van der Waals surface area contributed by atoms with Gasteiger partial charge in [0.2, 0.25) is 11.0 Å². The summed E-state index contributed by atoms with van der Waals surface area (Å²) in [6.07, 6.45) is 0. The molecule has 134 valence electrons. The number of carbonyl (C=O) groups excluding carboxylic acids is 1. The van der Waals surface area contributed by atoms with Crippen LogP contribution in [0.4, 0.5) is 10.8 Å². The summed E-state index contributed by atoms with van der Waals surface area (Å²) in [5.74, 6) is 0.414. The first-order chi connectivity index (χ1) is 11.9. The zero-order valence-corrected chi connectivity index (χ0v) is 16.9. The summed E-state index contributed by atoms with van der Waals surface area (Å²) in [4.78, 5) is 14.0. The van der Waals surface area contributed by atoms with Gasteiger partial charge in [0.25, 0.3) is 0 Å². The number of nitrogens with one attached hydrogen (secondary N) is 1. The molecular formula is C17H21ClN4OS2. The molecule has 2 aromatic rings. The molecule has 25 heavy (non-hydrogen) atoms. The van der Waals surface area contributed by atoms with Gasteiger partial charge in [0, 0.05) is 23.8 Å². The van der Waals surface area contributed by atoms with Gasteiger partial charge in [-0.05, 0) is 38.5 Å². The van der Waals surface area contributed by atoms with Gasteiger partial charge in [0.05, 0.1) is 5.75 Å². The molecule has 0 unspecified atom stereocenters. The van der Waals surface area contributed by atoms with Crippen LogP contribution in [-0.4, -0.2) is 39.8 Å². The van der Waals surface area contributed by atoms with Crippen LogP contribution in [0.25, 0.3) is 0 Å². The smallest absolute Gasteiger partial charge is 0.233 e. The maximum absolute atomic E-state index is 12.3. The highest BCUT2D eigenvalue weighted by Gasteiger charge is 2.14. The third-order valence-corrected chi connectivity index (χ3v) is 5.80. The third kappa shape index (κ3) is 5.73. The maximum atomic E-state index is 12.3. The first kappa shape index (κ1) is 19.8. The largest absolute Gasteiger partial charge is 0.338 e. The number of likely N-dealkylation sites (N-methyl/N-ethyl adjacent to an activating group) is 1. The molecule has 0 saturated carbocycles. The van der Waals surface area contributed by atoms with Gasteiger partial charge in [-0.25, -0.2) is 0 Å². The van der Waals surface area contributed by atoms with Crippen molar-refractivity contribution in [1.82, 2.24) is 15.1 Å². The summed E-state index contributed by atoms with van der Waals surface area (Å²) in [6, 6.07) is 5.67. The fraction of sp³-hybridized carbons (Fsp3) is 0.353. The quantitative estimate of drug-likeness (QED) is 0.515. The highest BCUT2D eigenvalue weighted by molar-refractivity contribution is 8.01. The van der Waals surface area contributed by atoms with E-state index in [-0.39, 0.29) is 5.91 Å². The number of rotatable bonds is 8. The minimum atomic E-state index is 0.0749. The van der Waals surface area contributed by atoms with Crippen molar-refractivity contribution in [1.29, 1.82) is 0 Å². The molecular weight excluding hydrogens is 376 g/mol. The minimum absolute atomic E-state index is 0.0749. The number of amides is 1. The monoisotopic (exact) mass is 396 g/mol. The first-order valence-electron chi connectivity index (χ1n) is 7.81. The Morgan fingerprint density at radius 2 is 2.20 bits per heavy atom. The van der Waals surface area contributed by atoms with E-state index in [4.69, 9.17) is 11.6 Å². The van der Waals surface area contributed by atoms with Gasteiger partial charge in [0.1, 0.15) is 0 Å². The predicted molar refractivity (Wildman–Crippen MR) is 107 cm³/mol. The molecule has 5 nitrogen and oxygen atoms in total. The zero-order valence-electron chi connectivity index (χ0n) is 14.5. The molecule has 0 aliphatic heterocycles. The van der Waals surface area contributed by atoms with Crippen LogP contribution in [0.15, 0.2) is 34.7 Å². The average Bonchev–Trinajstić information content (AvgIpc) is 3.02. The molecule has 0 fully saturated rings. The fourth-order valence-corrected chi connectivity index (χ4v) is 3.94. The lowest BCUT2D eigenvalue weighted by Gasteiger charge is -2.20. The summed E-state index contributed by atoms with van der Waals surface area (Å²) < 4.78 is 0.752. The summed E-state index contributed by atoms with van der Waals surface area (Å²) in [5.41, 5.74) is 2.83. The standard InChI is InChI=1S/C17H21ClN4OS2/c1-5-22(9-11(2)3)15(23)10-24-17-21-20-16(25-17)19-14-8-6-7-13(18)12(14)4/h6-8H,2,5,9-10H2,1,3-4H3,(H,19,20). The summed E-state index contributed by atoms with van der Waals surface area (Å²) >= 11 is 8.94. The molecule has 1 aromatic heterocycles. The van der Waals surface area contributed by atoms with Crippen molar-refractivity contribution in [3.05, 3.63) is 40.9 Å². The van der Waals surface area contributed by atoms with Crippen LogP contribution in [0.3, 0.4) is 0 Å². The second kappa shape index (κ2) is 9.22. The summed E-state index contributed by atoms with van der Waals surface area (Å²) in [6.45, 7) is 11.0. The molecule has 0 aliphatic carbocycles. The minimum Gasteiger partial charge on any atom is -0.338 e. The Labute approximate surface area is 161 Å². The van der Waals surface area contributed by atoms with E-state index in [2.05, 4.69) is 22.1 Å². The molecule has 1 N–H and O–H groups in total. The van der Waals surface area contributed by atoms with E-state index in [0.717, 1.165) is 21.2 Å². The molecule has 0 radical (unpaired) electrons. The van der Waals surface area contributed by atoms with E-state index in [1.807, 2.05) is 39.0 Å². The molecule has 0 bridgehead atoms. The van der Waals surface area contributed by atoms with Crippen LogP contribution in [0.2, 0.25) is 5.02 Å². The Kier molecular flexibility index (Phi) is 7.28. The highest BCUT2D eigenvalue weighted by atomic mass is 35.5. The van der Waals surface area contributed by atoms with Crippen LogP contribution in [0, 0.1) is 6.92 Å². The lowest BCUT2D eigenvalue weighted by atomic mass is 10.2. The van der Waals surface area contributed by atoms with E-state index in [1.54, 1.807) is 4.90 Å². The second-order valence-electron chi connectivity index (χ2n) is 5.56. The number of aromatic nitrogens is 2. The van der Waals surface area contributed by atoms with Crippen molar-refractivity contribution < 1.29 is 4.79 Å². The molecule has 8 heteroatoms. The summed E-state index contributed by atoms with van der Waals surface area (Å²) in [5, 5.41) is 12.9. The van der Waals surface area contributed by atoms with Gasteiger partial charge in [-0.2, -0.15) is 0 Å². The Hall–Kier alpha value is -1.57. The van der Waals surface area contributed by atoms with Crippen molar-refractivity contribution in [3.8, 4) is 0 Å². The lowest BCUT2D eigenvalue weighted by Crippen LogP contribution is -2.33. The lowest BCUT2D eigenvalue weighted by molar-refractivity contribution is -0.127. The van der Waals surface area contributed by atoms with Gasteiger partial charge in [-0.1, -0.05) is 52.9 Å². The van der Waals surface area contributed by atoms with Gasteiger partial charge < -0.3 is 10.2 Å². The number of thioether (sulfide) groups is 1. The Bertz CT molecular complexity index is 763. The second-order valence-corrected chi connectivity index (χ2v) is 8.17. The Balaban J connectivity index is 1.94. The van der Waals surface area contributed by atoms with Crippen molar-refractivity contribution in [3.63, 3.8) is 0 Å². The average molecular weight is 397 g/mol. The van der Waals surface area contributed by atoms with Crippen LogP contribution < -0.4 is 5.32 Å². The number of hydrogen-bond acceptors (Lipinski definition) is 6. The molecule has 2 rings (SSSR count).